The standard InChI is InChI=1S/C18H21BrO/c1-18(14-8-13-17(18)20)16(19)12-7-3-6-11-15-9-4-2-5-10-15/h2,4-5,9-10,16H,7-8,11-14H2,1H3/t16?,18-/m0/s1. The molecule has 2 atom stereocenters. The van der Waals surface area contributed by atoms with E-state index in [4.69, 9.17) is 0 Å². The van der Waals surface area contributed by atoms with E-state index in [1.54, 1.807) is 0 Å². The molecule has 0 bridgehead atoms. The molecule has 0 N–H and O–H groups in total. The maximum Gasteiger partial charge on any atom is 0.139 e. The summed E-state index contributed by atoms with van der Waals surface area (Å²) < 4.78 is 0. The van der Waals surface area contributed by atoms with Gasteiger partial charge in [-0.15, -0.1) is 5.92 Å². The summed E-state index contributed by atoms with van der Waals surface area (Å²) in [5.41, 5.74) is 1.09. The highest BCUT2D eigenvalue weighted by molar-refractivity contribution is 9.09. The van der Waals surface area contributed by atoms with Gasteiger partial charge in [-0.05, 0) is 24.8 Å². The van der Waals surface area contributed by atoms with Crippen LogP contribution in [-0.2, 0) is 11.2 Å². The van der Waals surface area contributed by atoms with E-state index in [9.17, 15) is 4.79 Å². The molecule has 0 amide bonds. The zero-order chi connectivity index (χ0) is 14.4. The Morgan fingerprint density at radius 2 is 2.05 bits per heavy atom. The minimum Gasteiger partial charge on any atom is -0.299 e. The number of hydrogen-bond donors (Lipinski definition) is 0. The summed E-state index contributed by atoms with van der Waals surface area (Å²) >= 11 is 3.71. The third kappa shape index (κ3) is 3.73. The van der Waals surface area contributed by atoms with Crippen LogP contribution in [-0.4, -0.2) is 10.6 Å². The summed E-state index contributed by atoms with van der Waals surface area (Å²) in [5.74, 6) is 6.86. The maximum absolute atomic E-state index is 11.9. The molecule has 1 nitrogen and oxygen atoms in total. The van der Waals surface area contributed by atoms with Gasteiger partial charge in [0.25, 0.3) is 0 Å². The fourth-order valence-electron chi connectivity index (χ4n) is 2.74. The Morgan fingerprint density at radius 1 is 1.30 bits per heavy atom. The molecular formula is C18H21BrO. The van der Waals surface area contributed by atoms with Gasteiger partial charge in [-0.2, -0.15) is 0 Å². The number of rotatable bonds is 4. The van der Waals surface area contributed by atoms with Crippen molar-refractivity contribution >= 4 is 21.7 Å². The van der Waals surface area contributed by atoms with Crippen molar-refractivity contribution in [3.8, 4) is 11.8 Å². The largest absolute Gasteiger partial charge is 0.299 e. The molecule has 1 fully saturated rings. The van der Waals surface area contributed by atoms with Gasteiger partial charge in [0, 0.05) is 29.5 Å². The number of Topliss-reactive ketones (excluding diaryl/α,β-unsaturated/α-hetero) is 1. The van der Waals surface area contributed by atoms with Crippen molar-refractivity contribution in [1.29, 1.82) is 0 Å². The van der Waals surface area contributed by atoms with Crippen molar-refractivity contribution < 1.29 is 4.79 Å². The molecule has 1 aromatic carbocycles. The Labute approximate surface area is 130 Å². The van der Waals surface area contributed by atoms with Gasteiger partial charge in [0.2, 0.25) is 0 Å². The predicted octanol–water partition coefficient (Wildman–Crippen LogP) is 4.54. The lowest BCUT2D eigenvalue weighted by Gasteiger charge is -2.27. The number of benzene rings is 1. The van der Waals surface area contributed by atoms with Crippen molar-refractivity contribution in [2.45, 2.75) is 50.3 Å². The molecule has 1 saturated carbocycles. The Hall–Kier alpha value is -1.07. The highest BCUT2D eigenvalue weighted by Gasteiger charge is 2.42. The lowest BCUT2D eigenvalue weighted by atomic mass is 9.82. The van der Waals surface area contributed by atoms with Crippen LogP contribution in [0.2, 0.25) is 0 Å². The number of carbonyl (C=O) groups excluding carboxylic acids is 1. The fourth-order valence-corrected chi connectivity index (χ4v) is 3.45. The van der Waals surface area contributed by atoms with Crippen LogP contribution in [0.1, 0.15) is 44.6 Å². The van der Waals surface area contributed by atoms with Crippen molar-refractivity contribution in [2.75, 3.05) is 0 Å². The van der Waals surface area contributed by atoms with Gasteiger partial charge in [0.05, 0.1) is 0 Å². The molecule has 2 rings (SSSR count). The first-order valence-electron chi connectivity index (χ1n) is 7.30. The van der Waals surface area contributed by atoms with E-state index in [1.165, 1.54) is 5.56 Å². The third-order valence-corrected chi connectivity index (χ3v) is 5.68. The van der Waals surface area contributed by atoms with Crippen molar-refractivity contribution in [3.05, 3.63) is 35.9 Å². The highest BCUT2D eigenvalue weighted by Crippen LogP contribution is 2.42. The van der Waals surface area contributed by atoms with Crippen LogP contribution in [0.15, 0.2) is 30.3 Å². The summed E-state index contributed by atoms with van der Waals surface area (Å²) in [6.07, 6.45) is 5.41. The van der Waals surface area contributed by atoms with Crippen LogP contribution in [0.4, 0.5) is 0 Å². The van der Waals surface area contributed by atoms with Crippen LogP contribution < -0.4 is 0 Å². The smallest absolute Gasteiger partial charge is 0.139 e. The zero-order valence-electron chi connectivity index (χ0n) is 12.0. The Morgan fingerprint density at radius 3 is 2.70 bits per heavy atom. The van der Waals surface area contributed by atoms with Crippen molar-refractivity contribution in [2.24, 2.45) is 5.41 Å². The monoisotopic (exact) mass is 332 g/mol. The molecule has 0 spiro atoms. The van der Waals surface area contributed by atoms with E-state index in [1.807, 2.05) is 18.2 Å². The quantitative estimate of drug-likeness (QED) is 0.584. The summed E-state index contributed by atoms with van der Waals surface area (Å²) in [5, 5.41) is 0. The van der Waals surface area contributed by atoms with Crippen LogP contribution in [0.3, 0.4) is 0 Å². The van der Waals surface area contributed by atoms with E-state index < -0.39 is 0 Å². The van der Waals surface area contributed by atoms with Crippen molar-refractivity contribution in [1.82, 2.24) is 0 Å². The molecule has 1 aliphatic carbocycles. The van der Waals surface area contributed by atoms with E-state index in [2.05, 4.69) is 46.8 Å². The molecule has 1 unspecified atom stereocenters. The van der Waals surface area contributed by atoms with E-state index in [0.29, 0.717) is 5.78 Å². The SMILES string of the molecule is C[C@@]1(C(Br)CCC#CCc2ccccc2)CCCC1=O. The predicted molar refractivity (Wildman–Crippen MR) is 86.8 cm³/mol. The molecule has 20 heavy (non-hydrogen) atoms. The van der Waals surface area contributed by atoms with Gasteiger partial charge in [-0.25, -0.2) is 0 Å². The minimum atomic E-state index is -0.166. The van der Waals surface area contributed by atoms with Gasteiger partial charge in [0.15, 0.2) is 0 Å². The Balaban J connectivity index is 1.77. The minimum absolute atomic E-state index is 0.166. The summed E-state index contributed by atoms with van der Waals surface area (Å²) in [4.78, 5) is 12.2. The molecule has 1 aliphatic rings. The number of alkyl halides is 1. The third-order valence-electron chi connectivity index (χ3n) is 4.21. The van der Waals surface area contributed by atoms with Gasteiger partial charge < -0.3 is 0 Å². The number of carbonyl (C=O) groups is 1. The molecule has 0 radical (unpaired) electrons. The van der Waals surface area contributed by atoms with Crippen LogP contribution >= 0.6 is 15.9 Å². The molecular weight excluding hydrogens is 312 g/mol. The maximum atomic E-state index is 11.9. The molecule has 1 aromatic rings. The molecule has 0 aliphatic heterocycles. The molecule has 106 valence electrons. The van der Waals surface area contributed by atoms with E-state index in [0.717, 1.165) is 38.5 Å². The Kier molecular flexibility index (Phi) is 5.43. The van der Waals surface area contributed by atoms with Gasteiger partial charge in [0.1, 0.15) is 5.78 Å². The van der Waals surface area contributed by atoms with Crippen LogP contribution in [0.25, 0.3) is 0 Å². The van der Waals surface area contributed by atoms with E-state index >= 15 is 0 Å². The molecule has 2 heteroatoms. The summed E-state index contributed by atoms with van der Waals surface area (Å²) in [6, 6.07) is 10.3. The van der Waals surface area contributed by atoms with Crippen LogP contribution in [0, 0.1) is 17.3 Å². The van der Waals surface area contributed by atoms with Crippen LogP contribution in [0.5, 0.6) is 0 Å². The van der Waals surface area contributed by atoms with Crippen molar-refractivity contribution in [3.63, 3.8) is 0 Å². The lowest BCUT2D eigenvalue weighted by Crippen LogP contribution is -2.31. The number of halogens is 1. The first kappa shape index (κ1) is 15.3. The van der Waals surface area contributed by atoms with E-state index in [-0.39, 0.29) is 10.2 Å². The highest BCUT2D eigenvalue weighted by atomic mass is 79.9. The Bertz CT molecular complexity index is 511. The summed E-state index contributed by atoms with van der Waals surface area (Å²) in [6.45, 7) is 2.10. The topological polar surface area (TPSA) is 17.1 Å². The molecule has 0 heterocycles. The molecule has 0 saturated heterocycles. The first-order valence-corrected chi connectivity index (χ1v) is 8.21. The zero-order valence-corrected chi connectivity index (χ0v) is 13.6. The average molecular weight is 333 g/mol. The first-order chi connectivity index (χ1) is 9.63. The van der Waals surface area contributed by atoms with Gasteiger partial charge >= 0.3 is 0 Å². The fraction of sp³-hybridized carbons (Fsp3) is 0.500. The number of ketones is 1. The summed E-state index contributed by atoms with van der Waals surface area (Å²) in [7, 11) is 0. The normalized spacial score (nSPS) is 23.2. The second kappa shape index (κ2) is 7.09. The second-order valence-electron chi connectivity index (χ2n) is 5.72. The molecule has 0 aromatic heterocycles. The van der Waals surface area contributed by atoms with Gasteiger partial charge in [-0.3, -0.25) is 4.79 Å². The average Bonchev–Trinajstić information content (AvgIpc) is 2.80. The second-order valence-corrected chi connectivity index (χ2v) is 6.82. The number of hydrogen-bond acceptors (Lipinski definition) is 1. The van der Waals surface area contributed by atoms with Gasteiger partial charge in [-0.1, -0.05) is 59.1 Å². The lowest BCUT2D eigenvalue weighted by molar-refractivity contribution is -0.125.